The Hall–Kier alpha value is -3.08. The number of fused-ring (bicyclic) bond motifs is 1. The SMILES string of the molecule is C=CC(=O)N1CCC[C@@H]1COc1nc(Nc2ncc(C)s2)cc2c1ccn2CC(F)(F)F. The normalized spacial score (nSPS) is 16.5. The van der Waals surface area contributed by atoms with Crippen molar-refractivity contribution in [2.24, 2.45) is 0 Å². The van der Waals surface area contributed by atoms with E-state index < -0.39 is 12.7 Å². The second-order valence-electron chi connectivity index (χ2n) is 7.55. The lowest BCUT2D eigenvalue weighted by molar-refractivity contribution is -0.139. The number of carbonyl (C=O) groups is 1. The number of hydrogen-bond acceptors (Lipinski definition) is 6. The van der Waals surface area contributed by atoms with Gasteiger partial charge < -0.3 is 19.5 Å². The van der Waals surface area contributed by atoms with Gasteiger partial charge in [0.25, 0.3) is 0 Å². The lowest BCUT2D eigenvalue weighted by Gasteiger charge is -2.23. The summed E-state index contributed by atoms with van der Waals surface area (Å²) >= 11 is 1.41. The summed E-state index contributed by atoms with van der Waals surface area (Å²) in [5.41, 5.74) is 0.341. The lowest BCUT2D eigenvalue weighted by Crippen LogP contribution is -2.38. The molecule has 1 N–H and O–H groups in total. The molecule has 1 fully saturated rings. The molecule has 4 rings (SSSR count). The first-order valence-corrected chi connectivity index (χ1v) is 10.9. The van der Waals surface area contributed by atoms with Gasteiger partial charge >= 0.3 is 6.18 Å². The van der Waals surface area contributed by atoms with Gasteiger partial charge in [0, 0.05) is 29.9 Å². The third-order valence-electron chi connectivity index (χ3n) is 5.19. The fourth-order valence-electron chi connectivity index (χ4n) is 3.78. The van der Waals surface area contributed by atoms with Crippen molar-refractivity contribution < 1.29 is 22.7 Å². The Balaban J connectivity index is 1.65. The van der Waals surface area contributed by atoms with E-state index in [-0.39, 0.29) is 24.4 Å². The van der Waals surface area contributed by atoms with Crippen LogP contribution in [0.5, 0.6) is 5.88 Å². The lowest BCUT2D eigenvalue weighted by atomic mass is 10.2. The number of nitrogens with zero attached hydrogens (tertiary/aromatic N) is 4. The van der Waals surface area contributed by atoms with Crippen LogP contribution in [0.1, 0.15) is 17.7 Å². The number of aryl methyl sites for hydroxylation is 1. The summed E-state index contributed by atoms with van der Waals surface area (Å²) in [7, 11) is 0. The Kier molecular flexibility index (Phi) is 6.09. The minimum absolute atomic E-state index is 0.146. The molecular weight excluding hydrogens is 443 g/mol. The zero-order valence-corrected chi connectivity index (χ0v) is 18.2. The van der Waals surface area contributed by atoms with Crippen LogP contribution in [0, 0.1) is 6.92 Å². The fraction of sp³-hybridized carbons (Fsp3) is 0.381. The van der Waals surface area contributed by atoms with Crippen molar-refractivity contribution in [2.45, 2.75) is 38.5 Å². The van der Waals surface area contributed by atoms with E-state index in [2.05, 4.69) is 21.9 Å². The molecule has 1 aliphatic rings. The Labute approximate surface area is 186 Å². The largest absolute Gasteiger partial charge is 0.475 e. The van der Waals surface area contributed by atoms with Gasteiger partial charge in [0.1, 0.15) is 19.0 Å². The molecule has 1 atom stereocenters. The van der Waals surface area contributed by atoms with Gasteiger partial charge in [0.2, 0.25) is 11.8 Å². The summed E-state index contributed by atoms with van der Waals surface area (Å²) in [5, 5.41) is 4.09. The summed E-state index contributed by atoms with van der Waals surface area (Å²) in [6.07, 6.45) is 1.59. The minimum Gasteiger partial charge on any atom is -0.475 e. The Morgan fingerprint density at radius 2 is 2.28 bits per heavy atom. The number of halogens is 3. The highest BCUT2D eigenvalue weighted by Crippen LogP contribution is 2.32. The van der Waals surface area contributed by atoms with Crippen LogP contribution in [0.2, 0.25) is 0 Å². The van der Waals surface area contributed by atoms with Crippen molar-refractivity contribution in [2.75, 3.05) is 18.5 Å². The summed E-state index contributed by atoms with van der Waals surface area (Å²) in [6, 6.07) is 2.96. The number of rotatable bonds is 7. The van der Waals surface area contributed by atoms with Gasteiger partial charge in [0.15, 0.2) is 5.13 Å². The Morgan fingerprint density at radius 1 is 1.47 bits per heavy atom. The molecule has 0 saturated carbocycles. The molecule has 32 heavy (non-hydrogen) atoms. The predicted octanol–water partition coefficient (Wildman–Crippen LogP) is 4.66. The summed E-state index contributed by atoms with van der Waals surface area (Å²) in [5.74, 6) is 0.367. The highest BCUT2D eigenvalue weighted by molar-refractivity contribution is 7.15. The van der Waals surface area contributed by atoms with Crippen molar-refractivity contribution in [3.63, 3.8) is 0 Å². The van der Waals surface area contributed by atoms with Crippen molar-refractivity contribution in [1.82, 2.24) is 19.4 Å². The molecule has 170 valence electrons. The summed E-state index contributed by atoms with van der Waals surface area (Å²) < 4.78 is 46.3. The second-order valence-corrected chi connectivity index (χ2v) is 8.78. The number of ether oxygens (including phenoxy) is 1. The Morgan fingerprint density at radius 3 is 2.97 bits per heavy atom. The maximum absolute atomic E-state index is 13.1. The molecule has 3 aromatic rings. The maximum Gasteiger partial charge on any atom is 0.406 e. The average Bonchev–Trinajstić information content (AvgIpc) is 3.45. The van der Waals surface area contributed by atoms with Crippen LogP contribution in [-0.2, 0) is 11.3 Å². The number of nitrogens with one attached hydrogen (secondary N) is 1. The van der Waals surface area contributed by atoms with Gasteiger partial charge in [-0.15, -0.1) is 11.3 Å². The van der Waals surface area contributed by atoms with E-state index >= 15 is 0 Å². The number of pyridine rings is 1. The first-order valence-electron chi connectivity index (χ1n) is 10.1. The zero-order chi connectivity index (χ0) is 22.9. The van der Waals surface area contributed by atoms with E-state index in [0.29, 0.717) is 28.4 Å². The fourth-order valence-corrected chi connectivity index (χ4v) is 4.45. The third-order valence-corrected chi connectivity index (χ3v) is 6.01. The van der Waals surface area contributed by atoms with E-state index in [4.69, 9.17) is 4.74 Å². The van der Waals surface area contributed by atoms with Crippen LogP contribution in [0.25, 0.3) is 10.9 Å². The maximum atomic E-state index is 13.1. The number of anilines is 2. The van der Waals surface area contributed by atoms with Crippen LogP contribution >= 0.6 is 11.3 Å². The molecule has 1 aliphatic heterocycles. The van der Waals surface area contributed by atoms with Gasteiger partial charge in [-0.1, -0.05) is 6.58 Å². The summed E-state index contributed by atoms with van der Waals surface area (Å²) in [6.45, 7) is 5.12. The molecule has 1 saturated heterocycles. The molecule has 0 unspecified atom stereocenters. The van der Waals surface area contributed by atoms with E-state index in [1.807, 2.05) is 6.92 Å². The minimum atomic E-state index is -4.37. The molecule has 7 nitrogen and oxygen atoms in total. The van der Waals surface area contributed by atoms with Crippen molar-refractivity contribution in [1.29, 1.82) is 0 Å². The molecule has 3 aromatic heterocycles. The first kappa shape index (κ1) is 22.1. The van der Waals surface area contributed by atoms with E-state index in [1.165, 1.54) is 23.6 Å². The molecule has 1 amide bonds. The van der Waals surface area contributed by atoms with Crippen molar-refractivity contribution in [3.05, 3.63) is 42.1 Å². The smallest absolute Gasteiger partial charge is 0.406 e. The van der Waals surface area contributed by atoms with Gasteiger partial charge in [-0.2, -0.15) is 18.2 Å². The van der Waals surface area contributed by atoms with E-state index in [0.717, 1.165) is 22.3 Å². The predicted molar refractivity (Wildman–Crippen MR) is 116 cm³/mol. The molecule has 0 spiro atoms. The third kappa shape index (κ3) is 4.87. The van der Waals surface area contributed by atoms with Crippen LogP contribution in [0.4, 0.5) is 24.1 Å². The van der Waals surface area contributed by atoms with Crippen molar-refractivity contribution in [3.8, 4) is 5.88 Å². The van der Waals surface area contributed by atoms with Crippen LogP contribution in [0.15, 0.2) is 37.2 Å². The van der Waals surface area contributed by atoms with Gasteiger partial charge in [-0.05, 0) is 31.9 Å². The standard InChI is InChI=1S/C21H22F3N5O2S/c1-3-18(30)29-7-4-5-14(29)11-31-19-15-6-8-28(12-21(22,23)24)16(15)9-17(26-19)27-20-25-10-13(2)32-20/h3,6,8-10,14H,1,4-5,7,11-12H2,2H3,(H,25,26,27)/t14-/m1/s1. The van der Waals surface area contributed by atoms with Crippen LogP contribution in [0.3, 0.4) is 0 Å². The molecule has 4 heterocycles. The molecule has 0 aliphatic carbocycles. The number of carbonyl (C=O) groups excluding carboxylic acids is 1. The quantitative estimate of drug-likeness (QED) is 0.514. The monoisotopic (exact) mass is 465 g/mol. The molecule has 11 heteroatoms. The average molecular weight is 466 g/mol. The van der Waals surface area contributed by atoms with Crippen LogP contribution in [-0.4, -0.2) is 50.7 Å². The number of thiazole rings is 1. The van der Waals surface area contributed by atoms with E-state index in [1.54, 1.807) is 23.2 Å². The zero-order valence-electron chi connectivity index (χ0n) is 17.4. The number of aromatic nitrogens is 3. The summed E-state index contributed by atoms with van der Waals surface area (Å²) in [4.78, 5) is 23.4. The highest BCUT2D eigenvalue weighted by atomic mass is 32.1. The highest BCUT2D eigenvalue weighted by Gasteiger charge is 2.30. The van der Waals surface area contributed by atoms with Crippen molar-refractivity contribution >= 4 is 39.1 Å². The first-order chi connectivity index (χ1) is 15.2. The Bertz CT molecular complexity index is 1140. The number of alkyl halides is 3. The van der Waals surface area contributed by atoms with Gasteiger partial charge in [0.05, 0.1) is 16.9 Å². The number of amides is 1. The molecule has 0 aromatic carbocycles. The van der Waals surface area contributed by atoms with Gasteiger partial charge in [-0.25, -0.2) is 4.98 Å². The molecule has 0 radical (unpaired) electrons. The van der Waals surface area contributed by atoms with Crippen LogP contribution < -0.4 is 10.1 Å². The van der Waals surface area contributed by atoms with E-state index in [9.17, 15) is 18.0 Å². The molecular formula is C21H22F3N5O2S. The topological polar surface area (TPSA) is 72.3 Å². The second kappa shape index (κ2) is 8.81. The van der Waals surface area contributed by atoms with Gasteiger partial charge in [-0.3, -0.25) is 4.79 Å². The number of hydrogen-bond donors (Lipinski definition) is 1. The molecule has 0 bridgehead atoms. The number of likely N-dealkylation sites (tertiary alicyclic amines) is 1.